The zero-order valence-electron chi connectivity index (χ0n) is 12.3. The molecular formula is C16H27ClN2. The first kappa shape index (κ1) is 16.3. The summed E-state index contributed by atoms with van der Waals surface area (Å²) in [5.74, 6) is 0. The molecule has 0 amide bonds. The van der Waals surface area contributed by atoms with Gasteiger partial charge >= 0.3 is 0 Å². The number of unbranched alkanes of at least 4 members (excludes halogenated alkanes) is 2. The first-order chi connectivity index (χ1) is 9.22. The number of halogens is 1. The van der Waals surface area contributed by atoms with E-state index >= 15 is 0 Å². The summed E-state index contributed by atoms with van der Waals surface area (Å²) in [6.07, 6.45) is 5.75. The van der Waals surface area contributed by atoms with Crippen molar-refractivity contribution in [1.29, 1.82) is 0 Å². The minimum absolute atomic E-state index is 0.647. The molecule has 0 spiro atoms. The first-order valence-corrected chi connectivity index (χ1v) is 7.84. The van der Waals surface area contributed by atoms with Crippen molar-refractivity contribution in [2.45, 2.75) is 46.0 Å². The van der Waals surface area contributed by atoms with Gasteiger partial charge in [-0.1, -0.05) is 44.4 Å². The van der Waals surface area contributed by atoms with Crippen molar-refractivity contribution in [1.82, 2.24) is 0 Å². The highest BCUT2D eigenvalue weighted by atomic mass is 35.5. The molecular weight excluding hydrogens is 256 g/mol. The van der Waals surface area contributed by atoms with E-state index in [4.69, 9.17) is 17.3 Å². The van der Waals surface area contributed by atoms with Crippen LogP contribution in [0, 0.1) is 0 Å². The minimum atomic E-state index is 0.647. The van der Waals surface area contributed by atoms with E-state index in [9.17, 15) is 0 Å². The highest BCUT2D eigenvalue weighted by Gasteiger charge is 2.08. The van der Waals surface area contributed by atoms with E-state index in [-0.39, 0.29) is 0 Å². The quantitative estimate of drug-likeness (QED) is 0.734. The van der Waals surface area contributed by atoms with E-state index in [1.165, 1.54) is 31.4 Å². The van der Waals surface area contributed by atoms with Gasteiger partial charge in [0.2, 0.25) is 0 Å². The molecule has 0 atom stereocenters. The van der Waals surface area contributed by atoms with Crippen molar-refractivity contribution < 1.29 is 0 Å². The number of hydrogen-bond acceptors (Lipinski definition) is 2. The molecule has 0 aliphatic carbocycles. The van der Waals surface area contributed by atoms with Crippen LogP contribution in [0.25, 0.3) is 0 Å². The Morgan fingerprint density at radius 2 is 1.74 bits per heavy atom. The highest BCUT2D eigenvalue weighted by molar-refractivity contribution is 6.31. The van der Waals surface area contributed by atoms with Crippen molar-refractivity contribution in [3.05, 3.63) is 28.8 Å². The van der Waals surface area contributed by atoms with Crippen LogP contribution in [0.1, 0.15) is 45.1 Å². The topological polar surface area (TPSA) is 29.3 Å². The fourth-order valence-electron chi connectivity index (χ4n) is 2.16. The Morgan fingerprint density at radius 3 is 2.21 bits per heavy atom. The maximum atomic E-state index is 6.34. The first-order valence-electron chi connectivity index (χ1n) is 7.46. The van der Waals surface area contributed by atoms with Crippen molar-refractivity contribution in [2.24, 2.45) is 5.73 Å². The van der Waals surface area contributed by atoms with Crippen LogP contribution in [0.5, 0.6) is 0 Å². The molecule has 0 fully saturated rings. The monoisotopic (exact) mass is 282 g/mol. The van der Waals surface area contributed by atoms with Crippen LogP contribution in [-0.2, 0) is 6.42 Å². The van der Waals surface area contributed by atoms with Crippen molar-refractivity contribution >= 4 is 17.3 Å². The number of benzene rings is 1. The standard InChI is InChI=1S/C16H27ClN2/c1-3-5-11-19(12-6-4-2)15-8-7-14(9-10-18)16(17)13-15/h7-8,13H,3-6,9-12,18H2,1-2H3. The van der Waals surface area contributed by atoms with E-state index in [0.29, 0.717) is 6.54 Å². The Morgan fingerprint density at radius 1 is 1.11 bits per heavy atom. The van der Waals surface area contributed by atoms with Gasteiger partial charge in [0.25, 0.3) is 0 Å². The number of anilines is 1. The second kappa shape index (κ2) is 9.22. The summed E-state index contributed by atoms with van der Waals surface area (Å²) in [5.41, 5.74) is 7.98. The average Bonchev–Trinajstić information content (AvgIpc) is 2.41. The van der Waals surface area contributed by atoms with Gasteiger partial charge in [0.1, 0.15) is 0 Å². The number of hydrogen-bond donors (Lipinski definition) is 1. The molecule has 108 valence electrons. The Hall–Kier alpha value is -0.730. The molecule has 0 saturated heterocycles. The van der Waals surface area contributed by atoms with Gasteiger partial charge in [-0.2, -0.15) is 0 Å². The molecule has 0 heterocycles. The molecule has 0 radical (unpaired) electrons. The summed E-state index contributed by atoms with van der Waals surface area (Å²) in [6.45, 7) is 7.34. The zero-order valence-corrected chi connectivity index (χ0v) is 13.0. The summed E-state index contributed by atoms with van der Waals surface area (Å²) >= 11 is 6.34. The molecule has 3 heteroatoms. The van der Waals surface area contributed by atoms with Crippen LogP contribution in [0.3, 0.4) is 0 Å². The SMILES string of the molecule is CCCCN(CCCC)c1ccc(CCN)c(Cl)c1. The predicted molar refractivity (Wildman–Crippen MR) is 86.2 cm³/mol. The Balaban J connectivity index is 2.79. The van der Waals surface area contributed by atoms with E-state index in [2.05, 4.69) is 36.9 Å². The van der Waals surface area contributed by atoms with Gasteiger partial charge in [-0.25, -0.2) is 0 Å². The number of nitrogens with zero attached hydrogens (tertiary/aromatic N) is 1. The maximum Gasteiger partial charge on any atom is 0.0459 e. The summed E-state index contributed by atoms with van der Waals surface area (Å²) < 4.78 is 0. The molecule has 1 rings (SSSR count). The van der Waals surface area contributed by atoms with Crippen LogP contribution in [0.15, 0.2) is 18.2 Å². The summed E-state index contributed by atoms with van der Waals surface area (Å²) in [5, 5.41) is 0.848. The molecule has 0 bridgehead atoms. The summed E-state index contributed by atoms with van der Waals surface area (Å²) in [6, 6.07) is 6.40. The van der Waals surface area contributed by atoms with Crippen LogP contribution in [0.2, 0.25) is 5.02 Å². The Bertz CT molecular complexity index is 358. The Kier molecular flexibility index (Phi) is 7.92. The zero-order chi connectivity index (χ0) is 14.1. The van der Waals surface area contributed by atoms with E-state index in [1.807, 2.05) is 0 Å². The van der Waals surface area contributed by atoms with Crippen LogP contribution in [0.4, 0.5) is 5.69 Å². The van der Waals surface area contributed by atoms with Crippen LogP contribution in [-0.4, -0.2) is 19.6 Å². The third-order valence-corrected chi connectivity index (χ3v) is 3.73. The second-order valence-electron chi connectivity index (χ2n) is 5.01. The smallest absolute Gasteiger partial charge is 0.0459 e. The second-order valence-corrected chi connectivity index (χ2v) is 5.42. The minimum Gasteiger partial charge on any atom is -0.371 e. The predicted octanol–water partition coefficient (Wildman–Crippen LogP) is 4.25. The number of rotatable bonds is 9. The maximum absolute atomic E-state index is 6.34. The van der Waals surface area contributed by atoms with Gasteiger partial charge in [0.05, 0.1) is 0 Å². The molecule has 2 nitrogen and oxygen atoms in total. The molecule has 0 aliphatic heterocycles. The van der Waals surface area contributed by atoms with Crippen LogP contribution < -0.4 is 10.6 Å². The van der Waals surface area contributed by atoms with Gasteiger partial charge in [-0.15, -0.1) is 0 Å². The van der Waals surface area contributed by atoms with Gasteiger partial charge in [0.15, 0.2) is 0 Å². The lowest BCUT2D eigenvalue weighted by Crippen LogP contribution is -2.25. The molecule has 2 N–H and O–H groups in total. The lowest BCUT2D eigenvalue weighted by Gasteiger charge is -2.25. The van der Waals surface area contributed by atoms with E-state index in [0.717, 1.165) is 30.1 Å². The van der Waals surface area contributed by atoms with E-state index < -0.39 is 0 Å². The van der Waals surface area contributed by atoms with Gasteiger partial charge in [-0.3, -0.25) is 0 Å². The fraction of sp³-hybridized carbons (Fsp3) is 0.625. The lowest BCUT2D eigenvalue weighted by atomic mass is 10.1. The molecule has 0 saturated carbocycles. The molecule has 0 aliphatic rings. The van der Waals surface area contributed by atoms with E-state index in [1.54, 1.807) is 0 Å². The average molecular weight is 283 g/mol. The van der Waals surface area contributed by atoms with Gasteiger partial charge in [-0.05, 0) is 43.5 Å². The molecule has 1 aromatic rings. The summed E-state index contributed by atoms with van der Waals surface area (Å²) in [7, 11) is 0. The van der Waals surface area contributed by atoms with Crippen molar-refractivity contribution in [3.63, 3.8) is 0 Å². The fourth-order valence-corrected chi connectivity index (χ4v) is 2.43. The normalized spacial score (nSPS) is 10.7. The molecule has 0 unspecified atom stereocenters. The van der Waals surface area contributed by atoms with Crippen LogP contribution >= 0.6 is 11.6 Å². The molecule has 19 heavy (non-hydrogen) atoms. The Labute approximate surface area is 122 Å². The van der Waals surface area contributed by atoms with Gasteiger partial charge in [0, 0.05) is 23.8 Å². The lowest BCUT2D eigenvalue weighted by molar-refractivity contribution is 0.678. The molecule has 1 aromatic carbocycles. The third kappa shape index (κ3) is 5.42. The highest BCUT2D eigenvalue weighted by Crippen LogP contribution is 2.24. The largest absolute Gasteiger partial charge is 0.371 e. The summed E-state index contributed by atoms with van der Waals surface area (Å²) in [4.78, 5) is 2.45. The molecule has 0 aromatic heterocycles. The third-order valence-electron chi connectivity index (χ3n) is 3.38. The number of nitrogens with two attached hydrogens (primary N) is 1. The van der Waals surface area contributed by atoms with Crippen molar-refractivity contribution in [2.75, 3.05) is 24.5 Å². The van der Waals surface area contributed by atoms with Gasteiger partial charge < -0.3 is 10.6 Å². The van der Waals surface area contributed by atoms with Crippen molar-refractivity contribution in [3.8, 4) is 0 Å².